The molecular formula is C16H20ClFN2O. The van der Waals surface area contributed by atoms with E-state index in [0.29, 0.717) is 0 Å². The largest absolute Gasteiger partial charge is 0.381 e. The van der Waals surface area contributed by atoms with E-state index >= 15 is 0 Å². The topological polar surface area (TPSA) is 27.1 Å². The second-order valence-corrected chi connectivity index (χ2v) is 7.04. The summed E-state index contributed by atoms with van der Waals surface area (Å²) in [5, 5.41) is -0.224. The first kappa shape index (κ1) is 14.8. The number of ether oxygens (including phenoxy) is 1. The Labute approximate surface area is 129 Å². The lowest BCUT2D eigenvalue weighted by atomic mass is 9.64. The first-order valence-electron chi connectivity index (χ1n) is 7.20. The zero-order valence-electron chi connectivity index (χ0n) is 12.7. The molecule has 0 N–H and O–H groups in total. The van der Waals surface area contributed by atoms with Crippen molar-refractivity contribution in [3.8, 4) is 0 Å². The van der Waals surface area contributed by atoms with Crippen LogP contribution >= 0.6 is 11.6 Å². The molecule has 3 rings (SSSR count). The molecular weight excluding hydrogens is 291 g/mol. The highest BCUT2D eigenvalue weighted by molar-refractivity contribution is 6.20. The Bertz CT molecular complexity index is 680. The minimum absolute atomic E-state index is 0.0325. The summed E-state index contributed by atoms with van der Waals surface area (Å²) in [7, 11) is 1.74. The van der Waals surface area contributed by atoms with Crippen molar-refractivity contribution in [2.75, 3.05) is 7.11 Å². The summed E-state index contributed by atoms with van der Waals surface area (Å²) >= 11 is 6.30. The lowest BCUT2D eigenvalue weighted by Gasteiger charge is -2.52. The molecule has 0 saturated heterocycles. The van der Waals surface area contributed by atoms with Gasteiger partial charge in [0.15, 0.2) is 0 Å². The van der Waals surface area contributed by atoms with E-state index in [9.17, 15) is 4.39 Å². The molecule has 0 aliphatic heterocycles. The van der Waals surface area contributed by atoms with E-state index in [1.807, 2.05) is 6.92 Å². The van der Waals surface area contributed by atoms with Gasteiger partial charge in [0.25, 0.3) is 0 Å². The summed E-state index contributed by atoms with van der Waals surface area (Å²) in [6, 6.07) is 4.90. The van der Waals surface area contributed by atoms with E-state index in [-0.39, 0.29) is 28.8 Å². The number of hydrogen-bond acceptors (Lipinski definition) is 2. The van der Waals surface area contributed by atoms with E-state index in [1.165, 1.54) is 6.07 Å². The average molecular weight is 311 g/mol. The molecule has 1 heterocycles. The zero-order chi connectivity index (χ0) is 15.4. The van der Waals surface area contributed by atoms with Crippen molar-refractivity contribution in [1.29, 1.82) is 0 Å². The normalized spacial score (nSPS) is 25.8. The van der Waals surface area contributed by atoms with Gasteiger partial charge in [-0.3, -0.25) is 0 Å². The number of nitrogens with zero attached hydrogens (tertiary/aromatic N) is 2. The maximum absolute atomic E-state index is 13.6. The van der Waals surface area contributed by atoms with Gasteiger partial charge in [0.2, 0.25) is 0 Å². The predicted octanol–water partition coefficient (Wildman–Crippen LogP) is 4.46. The molecule has 0 bridgehead atoms. The Morgan fingerprint density at radius 3 is 2.76 bits per heavy atom. The van der Waals surface area contributed by atoms with Gasteiger partial charge in [-0.15, -0.1) is 11.6 Å². The third-order valence-corrected chi connectivity index (χ3v) is 4.95. The molecule has 5 heteroatoms. The molecule has 1 saturated carbocycles. The van der Waals surface area contributed by atoms with Crippen LogP contribution in [0.1, 0.15) is 44.4 Å². The van der Waals surface area contributed by atoms with E-state index in [2.05, 4.69) is 23.4 Å². The van der Waals surface area contributed by atoms with Crippen LogP contribution in [0.5, 0.6) is 0 Å². The second kappa shape index (κ2) is 4.96. The lowest BCUT2D eigenvalue weighted by molar-refractivity contribution is -0.112. The molecule has 114 valence electrons. The highest BCUT2D eigenvalue weighted by atomic mass is 35.5. The van der Waals surface area contributed by atoms with Crippen LogP contribution in [0.15, 0.2) is 18.2 Å². The molecule has 1 fully saturated rings. The van der Waals surface area contributed by atoms with Crippen LogP contribution in [0, 0.1) is 11.2 Å². The number of hydrogen-bond donors (Lipinski definition) is 0. The maximum Gasteiger partial charge on any atom is 0.127 e. The van der Waals surface area contributed by atoms with E-state index in [0.717, 1.165) is 23.3 Å². The fraction of sp³-hybridized carbons (Fsp3) is 0.562. The minimum atomic E-state index is -0.252. The number of imidazole rings is 1. The smallest absolute Gasteiger partial charge is 0.127 e. The van der Waals surface area contributed by atoms with Crippen LogP contribution in [0.4, 0.5) is 4.39 Å². The van der Waals surface area contributed by atoms with Crippen LogP contribution < -0.4 is 0 Å². The number of aromatic nitrogens is 2. The SMILES string of the molecule is COC1CC(n2c(C(C)Cl)nc3ccc(F)cc32)C1(C)C. The molecule has 1 aromatic heterocycles. The summed E-state index contributed by atoms with van der Waals surface area (Å²) in [5.41, 5.74) is 1.57. The fourth-order valence-corrected chi connectivity index (χ4v) is 3.55. The van der Waals surface area contributed by atoms with Crippen LogP contribution in [0.2, 0.25) is 0 Å². The molecule has 1 aliphatic rings. The fourth-order valence-electron chi connectivity index (χ4n) is 3.40. The monoisotopic (exact) mass is 310 g/mol. The Hall–Kier alpha value is -1.13. The van der Waals surface area contributed by atoms with Gasteiger partial charge in [0.1, 0.15) is 11.6 Å². The van der Waals surface area contributed by atoms with Crippen molar-refractivity contribution in [2.24, 2.45) is 5.41 Å². The number of fused-ring (bicyclic) bond motifs is 1. The molecule has 21 heavy (non-hydrogen) atoms. The molecule has 0 amide bonds. The van der Waals surface area contributed by atoms with Crippen molar-refractivity contribution in [2.45, 2.75) is 44.7 Å². The Morgan fingerprint density at radius 2 is 2.19 bits per heavy atom. The van der Waals surface area contributed by atoms with E-state index < -0.39 is 0 Å². The van der Waals surface area contributed by atoms with Gasteiger partial charge in [-0.25, -0.2) is 9.37 Å². The first-order chi connectivity index (χ1) is 9.86. The molecule has 3 unspecified atom stereocenters. The van der Waals surface area contributed by atoms with Crippen molar-refractivity contribution < 1.29 is 9.13 Å². The third-order valence-electron chi connectivity index (χ3n) is 4.76. The molecule has 0 radical (unpaired) electrons. The van der Waals surface area contributed by atoms with Gasteiger partial charge in [-0.2, -0.15) is 0 Å². The molecule has 2 aromatic rings. The molecule has 3 nitrogen and oxygen atoms in total. The van der Waals surface area contributed by atoms with Crippen molar-refractivity contribution in [3.05, 3.63) is 29.8 Å². The zero-order valence-corrected chi connectivity index (χ0v) is 13.5. The number of methoxy groups -OCH3 is 1. The van der Waals surface area contributed by atoms with Gasteiger partial charge < -0.3 is 9.30 Å². The number of halogens is 2. The Kier molecular flexibility index (Phi) is 3.49. The van der Waals surface area contributed by atoms with Gasteiger partial charge in [0.05, 0.1) is 22.5 Å². The number of benzene rings is 1. The molecule has 3 atom stereocenters. The predicted molar refractivity (Wildman–Crippen MR) is 82.2 cm³/mol. The van der Waals surface area contributed by atoms with Crippen molar-refractivity contribution in [1.82, 2.24) is 9.55 Å². The van der Waals surface area contributed by atoms with Gasteiger partial charge in [-0.05, 0) is 31.5 Å². The van der Waals surface area contributed by atoms with Gasteiger partial charge in [-0.1, -0.05) is 13.8 Å². The van der Waals surface area contributed by atoms with Crippen molar-refractivity contribution >= 4 is 22.6 Å². The highest BCUT2D eigenvalue weighted by Gasteiger charge is 2.50. The van der Waals surface area contributed by atoms with Crippen molar-refractivity contribution in [3.63, 3.8) is 0 Å². The molecule has 0 spiro atoms. The van der Waals surface area contributed by atoms with E-state index in [4.69, 9.17) is 16.3 Å². The highest BCUT2D eigenvalue weighted by Crippen LogP contribution is 2.53. The quantitative estimate of drug-likeness (QED) is 0.783. The summed E-state index contributed by atoms with van der Waals surface area (Å²) in [5.74, 6) is 0.544. The lowest BCUT2D eigenvalue weighted by Crippen LogP contribution is -2.51. The Morgan fingerprint density at radius 1 is 1.48 bits per heavy atom. The summed E-state index contributed by atoms with van der Waals surface area (Å²) in [6.45, 7) is 6.24. The number of rotatable bonds is 3. The second-order valence-electron chi connectivity index (χ2n) is 6.39. The maximum atomic E-state index is 13.6. The summed E-state index contributed by atoms with van der Waals surface area (Å²) < 4.78 is 21.3. The summed E-state index contributed by atoms with van der Waals surface area (Å²) in [4.78, 5) is 4.60. The first-order valence-corrected chi connectivity index (χ1v) is 7.64. The van der Waals surface area contributed by atoms with Gasteiger partial charge >= 0.3 is 0 Å². The number of alkyl halides is 1. The van der Waals surface area contributed by atoms with Crippen LogP contribution in [0.25, 0.3) is 11.0 Å². The third kappa shape index (κ3) is 2.16. The van der Waals surface area contributed by atoms with Crippen LogP contribution in [-0.2, 0) is 4.74 Å². The molecule has 1 aromatic carbocycles. The Balaban J connectivity index is 2.17. The van der Waals surface area contributed by atoms with Gasteiger partial charge in [0, 0.05) is 18.6 Å². The average Bonchev–Trinajstić information content (AvgIpc) is 2.77. The standard InChI is InChI=1S/C16H20ClFN2O/c1-9(17)15-19-11-6-5-10(18)7-12(11)20(15)13-8-14(21-4)16(13,2)3/h5-7,9,13-14H,8H2,1-4H3. The van der Waals surface area contributed by atoms with Crippen LogP contribution in [-0.4, -0.2) is 22.8 Å². The minimum Gasteiger partial charge on any atom is -0.381 e. The van der Waals surface area contributed by atoms with Crippen LogP contribution in [0.3, 0.4) is 0 Å². The molecule has 1 aliphatic carbocycles. The van der Waals surface area contributed by atoms with E-state index in [1.54, 1.807) is 19.2 Å². The summed E-state index contributed by atoms with van der Waals surface area (Å²) in [6.07, 6.45) is 1.09.